The molecule has 0 bridgehead atoms. The van der Waals surface area contributed by atoms with E-state index in [2.05, 4.69) is 10.6 Å². The van der Waals surface area contributed by atoms with Crippen LogP contribution in [0.1, 0.15) is 40.1 Å². The topological polar surface area (TPSA) is 139 Å². The monoisotopic (exact) mass is 481 g/mol. The van der Waals surface area contributed by atoms with E-state index >= 15 is 0 Å². The van der Waals surface area contributed by atoms with Gasteiger partial charge in [0.25, 0.3) is 5.91 Å². The molecule has 8 nitrogen and oxygen atoms in total. The molecule has 0 fully saturated rings. The van der Waals surface area contributed by atoms with Crippen molar-refractivity contribution in [2.45, 2.75) is 31.0 Å². The van der Waals surface area contributed by atoms with Crippen LogP contribution in [-0.2, 0) is 9.84 Å². The molecule has 0 spiro atoms. The number of carbonyl (C=O) groups excluding carboxylic acids is 2. The molecule has 0 saturated heterocycles. The molecule has 0 aliphatic heterocycles. The second-order valence-electron chi connectivity index (χ2n) is 8.30. The van der Waals surface area contributed by atoms with Crippen molar-refractivity contribution in [3.8, 4) is 5.75 Å². The van der Waals surface area contributed by atoms with Gasteiger partial charge in [0.2, 0.25) is 5.91 Å². The van der Waals surface area contributed by atoms with Crippen LogP contribution >= 0.6 is 0 Å². The van der Waals surface area contributed by atoms with Gasteiger partial charge < -0.3 is 21.5 Å². The van der Waals surface area contributed by atoms with E-state index in [1.54, 1.807) is 38.1 Å². The first-order valence-corrected chi connectivity index (χ1v) is 12.1. The molecule has 5 N–H and O–H groups in total. The Morgan fingerprint density at radius 2 is 1.59 bits per heavy atom. The third-order valence-electron chi connectivity index (χ3n) is 5.24. The van der Waals surface area contributed by atoms with Crippen LogP contribution in [-0.4, -0.2) is 30.7 Å². The summed E-state index contributed by atoms with van der Waals surface area (Å²) < 4.78 is 26.5. The molecule has 178 valence electrons. The third kappa shape index (κ3) is 5.55. The number of nitrogens with two attached hydrogens (primary N) is 1. The molecule has 9 heteroatoms. The molecule has 2 amide bonds. The van der Waals surface area contributed by atoms with E-state index in [1.165, 1.54) is 36.4 Å². The number of phenolic OH excluding ortho intramolecular Hbond substituents is 1. The number of carbonyl (C=O) groups is 2. The molecule has 0 saturated carbocycles. The van der Waals surface area contributed by atoms with Crippen LogP contribution in [0.3, 0.4) is 0 Å². The highest BCUT2D eigenvalue weighted by Gasteiger charge is 2.30. The van der Waals surface area contributed by atoms with E-state index in [9.17, 15) is 23.1 Å². The Kier molecular flexibility index (Phi) is 7.26. The summed E-state index contributed by atoms with van der Waals surface area (Å²) in [5.41, 5.74) is 7.12. The molecule has 1 atom stereocenters. The molecule has 0 aliphatic carbocycles. The Morgan fingerprint density at radius 1 is 0.941 bits per heavy atom. The predicted molar refractivity (Wildman–Crippen MR) is 132 cm³/mol. The zero-order valence-electron chi connectivity index (χ0n) is 19.1. The summed E-state index contributed by atoms with van der Waals surface area (Å²) in [7, 11) is -3.70. The number of benzene rings is 3. The molecule has 1 unspecified atom stereocenters. The summed E-state index contributed by atoms with van der Waals surface area (Å²) in [4.78, 5) is 23.9. The van der Waals surface area contributed by atoms with Crippen LogP contribution < -0.4 is 16.4 Å². The van der Waals surface area contributed by atoms with Crippen LogP contribution in [0.25, 0.3) is 0 Å². The second-order valence-corrected chi connectivity index (χ2v) is 10.4. The molecule has 0 radical (unpaired) electrons. The number of nitrogens with one attached hydrogen (secondary N) is 2. The van der Waals surface area contributed by atoms with E-state index in [4.69, 9.17) is 5.73 Å². The molecule has 3 rings (SSSR count). The van der Waals surface area contributed by atoms with Gasteiger partial charge >= 0.3 is 0 Å². The van der Waals surface area contributed by atoms with Gasteiger partial charge in [0.05, 0.1) is 10.6 Å². The van der Waals surface area contributed by atoms with Crippen molar-refractivity contribution >= 4 is 33.0 Å². The van der Waals surface area contributed by atoms with E-state index in [0.717, 1.165) is 5.56 Å². The van der Waals surface area contributed by atoms with Crippen LogP contribution in [0.4, 0.5) is 11.4 Å². The highest BCUT2D eigenvalue weighted by molar-refractivity contribution is 7.92. The van der Waals surface area contributed by atoms with Gasteiger partial charge in [-0.05, 0) is 66.9 Å². The molecular formula is C25H27N3O5S. The SMILES string of the molecule is Cc1cccc(S(=O)(=O)C(Nc2ccc(NC(=O)c3ccc(C(N)=O)cc3)c(O)c2)C(C)C)c1. The lowest BCUT2D eigenvalue weighted by atomic mass is 10.1. The number of rotatable bonds is 8. The number of sulfone groups is 1. The highest BCUT2D eigenvalue weighted by atomic mass is 32.2. The quantitative estimate of drug-likeness (QED) is 0.360. The van der Waals surface area contributed by atoms with Crippen LogP contribution in [0.15, 0.2) is 71.6 Å². The van der Waals surface area contributed by atoms with Gasteiger partial charge in [-0.1, -0.05) is 26.0 Å². The van der Waals surface area contributed by atoms with Crippen molar-refractivity contribution in [3.63, 3.8) is 0 Å². The fourth-order valence-electron chi connectivity index (χ4n) is 3.41. The maximum absolute atomic E-state index is 13.2. The normalized spacial score (nSPS) is 12.2. The lowest BCUT2D eigenvalue weighted by molar-refractivity contribution is 0.0995. The number of aryl methyl sites for hydroxylation is 1. The minimum Gasteiger partial charge on any atom is -0.506 e. The molecule has 34 heavy (non-hydrogen) atoms. The summed E-state index contributed by atoms with van der Waals surface area (Å²) in [6, 6.07) is 16.9. The van der Waals surface area contributed by atoms with Crippen LogP contribution in [0.2, 0.25) is 0 Å². The van der Waals surface area contributed by atoms with Crippen molar-refractivity contribution in [3.05, 3.63) is 83.4 Å². The van der Waals surface area contributed by atoms with Gasteiger partial charge in [-0.2, -0.15) is 0 Å². The van der Waals surface area contributed by atoms with Crippen molar-refractivity contribution in [2.24, 2.45) is 11.7 Å². The van der Waals surface area contributed by atoms with Gasteiger partial charge in [-0.25, -0.2) is 8.42 Å². The van der Waals surface area contributed by atoms with E-state index in [1.807, 2.05) is 13.0 Å². The molecule has 0 aromatic heterocycles. The van der Waals surface area contributed by atoms with Crippen molar-refractivity contribution in [1.29, 1.82) is 0 Å². The number of aromatic hydroxyl groups is 1. The third-order valence-corrected chi connectivity index (χ3v) is 7.49. The minimum atomic E-state index is -3.70. The number of primary amides is 1. The number of amides is 2. The maximum Gasteiger partial charge on any atom is 0.255 e. The Balaban J connectivity index is 1.79. The second kappa shape index (κ2) is 9.96. The van der Waals surface area contributed by atoms with E-state index < -0.39 is 27.0 Å². The number of phenols is 1. The average Bonchev–Trinajstić information content (AvgIpc) is 2.78. The summed E-state index contributed by atoms with van der Waals surface area (Å²) in [5, 5.41) is 15.1. The Bertz CT molecular complexity index is 1320. The maximum atomic E-state index is 13.2. The van der Waals surface area contributed by atoms with E-state index in [0.29, 0.717) is 5.69 Å². The summed E-state index contributed by atoms with van der Waals surface area (Å²) in [6.45, 7) is 5.42. The van der Waals surface area contributed by atoms with Gasteiger partial charge in [0, 0.05) is 22.9 Å². The summed E-state index contributed by atoms with van der Waals surface area (Å²) in [5.74, 6) is -1.59. The van der Waals surface area contributed by atoms with Gasteiger partial charge in [-0.15, -0.1) is 0 Å². The van der Waals surface area contributed by atoms with Gasteiger partial charge in [-0.3, -0.25) is 9.59 Å². The molecule has 3 aromatic carbocycles. The van der Waals surface area contributed by atoms with Crippen molar-refractivity contribution < 1.29 is 23.1 Å². The lowest BCUT2D eigenvalue weighted by Crippen LogP contribution is -2.34. The number of hydrogen-bond acceptors (Lipinski definition) is 6. The van der Waals surface area contributed by atoms with Crippen molar-refractivity contribution in [2.75, 3.05) is 10.6 Å². The molecule has 3 aromatic rings. The number of hydrogen-bond donors (Lipinski definition) is 4. The molecular weight excluding hydrogens is 454 g/mol. The smallest absolute Gasteiger partial charge is 0.255 e. The van der Waals surface area contributed by atoms with Crippen molar-refractivity contribution in [1.82, 2.24) is 0 Å². The standard InChI is InChI=1S/C25H27N3O5S/c1-15(2)25(34(32,33)20-6-4-5-16(3)13-20)27-19-11-12-21(22(29)14-19)28-24(31)18-9-7-17(8-10-18)23(26)30/h4-15,25,27,29H,1-3H3,(H2,26,30)(H,28,31). The summed E-state index contributed by atoms with van der Waals surface area (Å²) in [6.07, 6.45) is 0. The number of anilines is 2. The lowest BCUT2D eigenvalue weighted by Gasteiger charge is -2.24. The van der Waals surface area contributed by atoms with E-state index in [-0.39, 0.29) is 33.4 Å². The Labute approximate surface area is 198 Å². The molecule has 0 heterocycles. The first-order valence-electron chi connectivity index (χ1n) is 10.6. The first kappa shape index (κ1) is 24.8. The summed E-state index contributed by atoms with van der Waals surface area (Å²) >= 11 is 0. The Hall–Kier alpha value is -3.85. The van der Waals surface area contributed by atoms with Crippen LogP contribution in [0.5, 0.6) is 5.75 Å². The zero-order valence-corrected chi connectivity index (χ0v) is 19.9. The first-order chi connectivity index (χ1) is 16.0. The fourth-order valence-corrected chi connectivity index (χ4v) is 5.33. The highest BCUT2D eigenvalue weighted by Crippen LogP contribution is 2.30. The Morgan fingerprint density at radius 3 is 2.15 bits per heavy atom. The average molecular weight is 482 g/mol. The zero-order chi connectivity index (χ0) is 25.0. The van der Waals surface area contributed by atoms with Crippen LogP contribution in [0, 0.1) is 12.8 Å². The minimum absolute atomic E-state index is 0.150. The predicted octanol–water partition coefficient (Wildman–Crippen LogP) is 3.92. The van der Waals surface area contributed by atoms with Gasteiger partial charge in [0.1, 0.15) is 11.1 Å². The van der Waals surface area contributed by atoms with Gasteiger partial charge in [0.15, 0.2) is 9.84 Å². The largest absolute Gasteiger partial charge is 0.506 e. The molecule has 0 aliphatic rings. The fraction of sp³-hybridized carbons (Fsp3) is 0.200.